The summed E-state index contributed by atoms with van der Waals surface area (Å²) in [6, 6.07) is 0. The molecule has 0 saturated carbocycles. The number of ether oxygens (including phenoxy) is 1. The Morgan fingerprint density at radius 3 is 3.08 bits per heavy atom. The van der Waals surface area contributed by atoms with Gasteiger partial charge in [-0.25, -0.2) is 0 Å². The van der Waals surface area contributed by atoms with Crippen LogP contribution in [0, 0.1) is 0 Å². The summed E-state index contributed by atoms with van der Waals surface area (Å²) in [6.07, 6.45) is 7.62. The van der Waals surface area contributed by atoms with Crippen LogP contribution in [-0.4, -0.2) is 30.5 Å². The van der Waals surface area contributed by atoms with Crippen molar-refractivity contribution in [2.75, 3.05) is 18.6 Å². The summed E-state index contributed by atoms with van der Waals surface area (Å²) in [5.74, 6) is 1.05. The third-order valence-corrected chi connectivity index (χ3v) is 2.92. The molecule has 1 fully saturated rings. The van der Waals surface area contributed by atoms with Crippen molar-refractivity contribution in [2.45, 2.75) is 38.2 Å². The second-order valence-corrected chi connectivity index (χ2v) is 4.36. The molecule has 0 N–H and O–H groups in total. The van der Waals surface area contributed by atoms with E-state index in [1.807, 2.05) is 6.26 Å². The van der Waals surface area contributed by atoms with E-state index >= 15 is 0 Å². The van der Waals surface area contributed by atoms with Gasteiger partial charge in [-0.1, -0.05) is 0 Å². The van der Waals surface area contributed by atoms with Crippen LogP contribution in [0.25, 0.3) is 0 Å². The van der Waals surface area contributed by atoms with E-state index in [4.69, 9.17) is 4.74 Å². The molecule has 1 saturated heterocycles. The summed E-state index contributed by atoms with van der Waals surface area (Å²) >= 11 is 1.61. The Morgan fingerprint density at radius 2 is 2.46 bits per heavy atom. The van der Waals surface area contributed by atoms with Gasteiger partial charge in [0.25, 0.3) is 0 Å². The summed E-state index contributed by atoms with van der Waals surface area (Å²) in [6.45, 7) is 0.920. The van der Waals surface area contributed by atoms with Crippen molar-refractivity contribution in [3.05, 3.63) is 0 Å². The number of rotatable bonds is 6. The van der Waals surface area contributed by atoms with E-state index in [1.54, 1.807) is 11.8 Å². The molecule has 0 bridgehead atoms. The number of ketones is 1. The largest absolute Gasteiger partial charge is 0.378 e. The minimum absolute atomic E-state index is 0.380. The van der Waals surface area contributed by atoms with Crippen LogP contribution in [0.1, 0.15) is 32.1 Å². The summed E-state index contributed by atoms with van der Waals surface area (Å²) in [7, 11) is 0. The number of Topliss-reactive ketones (excluding diaryl/α,β-unsaturated/α-hetero) is 1. The predicted molar refractivity (Wildman–Crippen MR) is 56.2 cm³/mol. The molecule has 0 amide bonds. The number of thioether (sulfide) groups is 1. The summed E-state index contributed by atoms with van der Waals surface area (Å²) in [5, 5.41) is 0. The molecule has 13 heavy (non-hydrogen) atoms. The first-order chi connectivity index (χ1) is 6.33. The molecule has 0 spiro atoms. The molecule has 2 nitrogen and oxygen atoms in total. The third-order valence-electron chi connectivity index (χ3n) is 2.31. The molecular formula is C10H18O2S. The number of carbonyl (C=O) groups is 1. The highest BCUT2D eigenvalue weighted by Gasteiger charge is 2.15. The van der Waals surface area contributed by atoms with E-state index in [0.717, 1.165) is 25.9 Å². The van der Waals surface area contributed by atoms with Gasteiger partial charge in [-0.3, -0.25) is 4.79 Å². The van der Waals surface area contributed by atoms with Gasteiger partial charge in [-0.15, -0.1) is 0 Å². The molecule has 1 unspecified atom stereocenters. The van der Waals surface area contributed by atoms with Crippen LogP contribution in [0.5, 0.6) is 0 Å². The lowest BCUT2D eigenvalue weighted by Crippen LogP contribution is -2.07. The van der Waals surface area contributed by atoms with Crippen LogP contribution < -0.4 is 0 Å². The fraction of sp³-hybridized carbons (Fsp3) is 0.900. The maximum absolute atomic E-state index is 11.2. The van der Waals surface area contributed by atoms with E-state index < -0.39 is 0 Å². The fourth-order valence-electron chi connectivity index (χ4n) is 1.63. The van der Waals surface area contributed by atoms with Crippen LogP contribution in [0.2, 0.25) is 0 Å². The Balaban J connectivity index is 1.96. The minimum atomic E-state index is 0.380. The van der Waals surface area contributed by atoms with Crippen LogP contribution >= 0.6 is 11.8 Å². The highest BCUT2D eigenvalue weighted by atomic mass is 32.2. The summed E-state index contributed by atoms with van der Waals surface area (Å²) in [4.78, 5) is 11.2. The highest BCUT2D eigenvalue weighted by molar-refractivity contribution is 7.99. The Bertz CT molecular complexity index is 153. The number of carbonyl (C=O) groups excluding carboxylic acids is 1. The van der Waals surface area contributed by atoms with E-state index in [0.29, 0.717) is 17.6 Å². The van der Waals surface area contributed by atoms with Gasteiger partial charge in [0, 0.05) is 13.0 Å². The average molecular weight is 202 g/mol. The maximum Gasteiger partial charge on any atom is 0.142 e. The molecule has 76 valence electrons. The molecule has 3 heteroatoms. The molecule has 0 aromatic rings. The second kappa shape index (κ2) is 6.44. The van der Waals surface area contributed by atoms with Gasteiger partial charge in [0.05, 0.1) is 11.9 Å². The van der Waals surface area contributed by atoms with Gasteiger partial charge >= 0.3 is 0 Å². The van der Waals surface area contributed by atoms with Crippen LogP contribution in [-0.2, 0) is 9.53 Å². The van der Waals surface area contributed by atoms with Crippen LogP contribution in [0.3, 0.4) is 0 Å². The Kier molecular flexibility index (Phi) is 5.47. The lowest BCUT2D eigenvalue weighted by Gasteiger charge is -2.07. The first-order valence-electron chi connectivity index (χ1n) is 4.95. The molecule has 0 aliphatic carbocycles. The standard InChI is InChI=1S/C10H18O2S/c1-13-8-9(11)4-2-5-10-6-3-7-12-10/h10H,2-8H2,1H3. The molecule has 1 atom stereocenters. The summed E-state index contributed by atoms with van der Waals surface area (Å²) < 4.78 is 5.48. The quantitative estimate of drug-likeness (QED) is 0.661. The molecular weight excluding hydrogens is 184 g/mol. The third kappa shape index (κ3) is 4.67. The van der Waals surface area contributed by atoms with Crippen molar-refractivity contribution in [1.29, 1.82) is 0 Å². The van der Waals surface area contributed by atoms with Crippen molar-refractivity contribution in [1.82, 2.24) is 0 Å². The smallest absolute Gasteiger partial charge is 0.142 e. The van der Waals surface area contributed by atoms with Gasteiger partial charge in [-0.05, 0) is 31.9 Å². The zero-order chi connectivity index (χ0) is 9.52. The number of hydrogen-bond donors (Lipinski definition) is 0. The van der Waals surface area contributed by atoms with Gasteiger partial charge in [0.2, 0.25) is 0 Å². The molecule has 0 aromatic heterocycles. The van der Waals surface area contributed by atoms with Gasteiger partial charge < -0.3 is 4.74 Å². The van der Waals surface area contributed by atoms with E-state index in [-0.39, 0.29) is 0 Å². The van der Waals surface area contributed by atoms with E-state index in [2.05, 4.69) is 0 Å². The Hall–Kier alpha value is -0.0200. The summed E-state index contributed by atoms with van der Waals surface area (Å²) in [5.41, 5.74) is 0. The molecule has 1 aliphatic rings. The van der Waals surface area contributed by atoms with Crippen LogP contribution in [0.15, 0.2) is 0 Å². The van der Waals surface area contributed by atoms with Crippen LogP contribution in [0.4, 0.5) is 0 Å². The average Bonchev–Trinajstić information content (AvgIpc) is 2.57. The van der Waals surface area contributed by atoms with Crippen molar-refractivity contribution < 1.29 is 9.53 Å². The van der Waals surface area contributed by atoms with E-state index in [9.17, 15) is 4.79 Å². The Labute approximate surface area is 84.4 Å². The van der Waals surface area contributed by atoms with Crippen molar-refractivity contribution in [2.24, 2.45) is 0 Å². The van der Waals surface area contributed by atoms with Gasteiger partial charge in [0.15, 0.2) is 0 Å². The first kappa shape index (κ1) is 11.1. The van der Waals surface area contributed by atoms with Crippen molar-refractivity contribution >= 4 is 17.5 Å². The minimum Gasteiger partial charge on any atom is -0.378 e. The second-order valence-electron chi connectivity index (χ2n) is 3.50. The topological polar surface area (TPSA) is 26.3 Å². The van der Waals surface area contributed by atoms with Crippen molar-refractivity contribution in [3.63, 3.8) is 0 Å². The lowest BCUT2D eigenvalue weighted by atomic mass is 10.1. The monoisotopic (exact) mass is 202 g/mol. The normalized spacial score (nSPS) is 22.1. The predicted octanol–water partition coefficient (Wildman–Crippen LogP) is 2.27. The zero-order valence-corrected chi connectivity index (χ0v) is 9.07. The highest BCUT2D eigenvalue weighted by Crippen LogP contribution is 2.17. The molecule has 0 radical (unpaired) electrons. The van der Waals surface area contributed by atoms with E-state index in [1.165, 1.54) is 12.8 Å². The molecule has 1 rings (SSSR count). The first-order valence-corrected chi connectivity index (χ1v) is 6.34. The molecule has 0 aromatic carbocycles. The Morgan fingerprint density at radius 1 is 1.62 bits per heavy atom. The van der Waals surface area contributed by atoms with Crippen molar-refractivity contribution in [3.8, 4) is 0 Å². The fourth-order valence-corrected chi connectivity index (χ4v) is 2.10. The van der Waals surface area contributed by atoms with Gasteiger partial charge in [-0.2, -0.15) is 11.8 Å². The SMILES string of the molecule is CSCC(=O)CCCC1CCCO1. The molecule has 1 heterocycles. The lowest BCUT2D eigenvalue weighted by molar-refractivity contribution is -0.116. The zero-order valence-electron chi connectivity index (χ0n) is 8.25. The number of hydrogen-bond acceptors (Lipinski definition) is 3. The molecule has 1 aliphatic heterocycles. The van der Waals surface area contributed by atoms with Gasteiger partial charge in [0.1, 0.15) is 5.78 Å². The maximum atomic E-state index is 11.2.